The zero-order valence-corrected chi connectivity index (χ0v) is 11.9. The average molecular weight is 265 g/mol. The fourth-order valence-electron chi connectivity index (χ4n) is 2.64. The first kappa shape index (κ1) is 14.4. The van der Waals surface area contributed by atoms with E-state index in [2.05, 4.69) is 22.2 Å². The fraction of sp³-hybridized carbons (Fsp3) is 0.600. The first-order valence-corrected chi connectivity index (χ1v) is 7.03. The molecular weight excluding hydrogens is 241 g/mol. The fourth-order valence-corrected chi connectivity index (χ4v) is 2.64. The molecule has 1 N–H and O–H groups in total. The van der Waals surface area contributed by atoms with E-state index in [1.54, 1.807) is 6.07 Å². The highest BCUT2D eigenvalue weighted by Crippen LogP contribution is 2.18. The Morgan fingerprint density at radius 3 is 2.74 bits per heavy atom. The maximum absolute atomic E-state index is 13.9. The van der Waals surface area contributed by atoms with Crippen molar-refractivity contribution < 1.29 is 4.39 Å². The van der Waals surface area contributed by atoms with Gasteiger partial charge in [0, 0.05) is 31.2 Å². The molecule has 1 fully saturated rings. The molecule has 1 heterocycles. The molecule has 0 saturated carbocycles. The van der Waals surface area contributed by atoms with Gasteiger partial charge in [-0.05, 0) is 39.7 Å². The third-order valence-electron chi connectivity index (χ3n) is 3.88. The van der Waals surface area contributed by atoms with E-state index < -0.39 is 0 Å². The Balaban J connectivity index is 2.01. The summed E-state index contributed by atoms with van der Waals surface area (Å²) in [7, 11) is 4.07. The van der Waals surface area contributed by atoms with E-state index in [1.165, 1.54) is 12.5 Å². The van der Waals surface area contributed by atoms with Crippen LogP contribution in [0.15, 0.2) is 24.3 Å². The van der Waals surface area contributed by atoms with Crippen molar-refractivity contribution in [2.75, 3.05) is 46.8 Å². The van der Waals surface area contributed by atoms with Crippen molar-refractivity contribution >= 4 is 0 Å². The largest absolute Gasteiger partial charge is 0.312 e. The van der Waals surface area contributed by atoms with Crippen molar-refractivity contribution in [3.8, 4) is 0 Å². The van der Waals surface area contributed by atoms with Crippen molar-refractivity contribution in [2.24, 2.45) is 0 Å². The number of hydrogen-bond acceptors (Lipinski definition) is 3. The van der Waals surface area contributed by atoms with Crippen LogP contribution in [0.5, 0.6) is 0 Å². The Kier molecular flexibility index (Phi) is 5.31. The smallest absolute Gasteiger partial charge is 0.128 e. The van der Waals surface area contributed by atoms with Crippen LogP contribution in [0.4, 0.5) is 4.39 Å². The van der Waals surface area contributed by atoms with Gasteiger partial charge in [-0.25, -0.2) is 4.39 Å². The number of likely N-dealkylation sites (N-methyl/N-ethyl adjacent to an activating group) is 2. The predicted octanol–water partition coefficient (Wildman–Crippen LogP) is 1.72. The van der Waals surface area contributed by atoms with Crippen molar-refractivity contribution in [3.05, 3.63) is 35.6 Å². The van der Waals surface area contributed by atoms with Gasteiger partial charge in [0.05, 0.1) is 0 Å². The third kappa shape index (κ3) is 4.00. The van der Waals surface area contributed by atoms with Crippen LogP contribution in [0.3, 0.4) is 0 Å². The molecule has 106 valence electrons. The normalized spacial score (nSPS) is 20.2. The maximum Gasteiger partial charge on any atom is 0.128 e. The monoisotopic (exact) mass is 265 g/mol. The second-order valence-corrected chi connectivity index (χ2v) is 5.32. The molecular formula is C15H24FN3. The Morgan fingerprint density at radius 2 is 2.00 bits per heavy atom. The van der Waals surface area contributed by atoms with Crippen LogP contribution in [0.2, 0.25) is 0 Å². The minimum absolute atomic E-state index is 0.0598. The van der Waals surface area contributed by atoms with Gasteiger partial charge in [-0.15, -0.1) is 0 Å². The van der Waals surface area contributed by atoms with E-state index in [0.29, 0.717) is 0 Å². The van der Waals surface area contributed by atoms with Crippen LogP contribution in [0.25, 0.3) is 0 Å². The summed E-state index contributed by atoms with van der Waals surface area (Å²) in [6.45, 7) is 5.26. The Bertz CT molecular complexity index is 397. The van der Waals surface area contributed by atoms with Gasteiger partial charge >= 0.3 is 0 Å². The highest BCUT2D eigenvalue weighted by atomic mass is 19.1. The van der Waals surface area contributed by atoms with Gasteiger partial charge in [-0.1, -0.05) is 18.2 Å². The van der Waals surface area contributed by atoms with Crippen LogP contribution >= 0.6 is 0 Å². The van der Waals surface area contributed by atoms with Crippen LogP contribution in [-0.2, 0) is 0 Å². The molecule has 1 aliphatic rings. The molecule has 1 saturated heterocycles. The lowest BCUT2D eigenvalue weighted by molar-refractivity contribution is 0.249. The van der Waals surface area contributed by atoms with Gasteiger partial charge in [0.25, 0.3) is 0 Å². The molecule has 1 aromatic carbocycles. The highest BCUT2D eigenvalue weighted by Gasteiger charge is 2.19. The molecule has 0 bridgehead atoms. The summed E-state index contributed by atoms with van der Waals surface area (Å²) in [6, 6.07) is 7.12. The zero-order chi connectivity index (χ0) is 13.7. The summed E-state index contributed by atoms with van der Waals surface area (Å²) in [4.78, 5) is 4.79. The first-order valence-electron chi connectivity index (χ1n) is 7.03. The van der Waals surface area contributed by atoms with E-state index >= 15 is 0 Å². The quantitative estimate of drug-likeness (QED) is 0.894. The Morgan fingerprint density at radius 1 is 1.21 bits per heavy atom. The number of nitrogens with one attached hydrogen (secondary N) is 1. The summed E-state index contributed by atoms with van der Waals surface area (Å²) in [5.74, 6) is -0.117. The van der Waals surface area contributed by atoms with Gasteiger partial charge in [-0.3, -0.25) is 0 Å². The molecule has 1 unspecified atom stereocenters. The molecule has 0 amide bonds. The summed E-state index contributed by atoms with van der Waals surface area (Å²) in [5.41, 5.74) is 0.766. The topological polar surface area (TPSA) is 18.5 Å². The van der Waals surface area contributed by atoms with Gasteiger partial charge in [0.15, 0.2) is 0 Å². The molecule has 19 heavy (non-hydrogen) atoms. The SMILES string of the molecule is CNC(CN1CCCN(C)CC1)c1ccccc1F. The van der Waals surface area contributed by atoms with E-state index in [9.17, 15) is 4.39 Å². The summed E-state index contributed by atoms with van der Waals surface area (Å²) in [6.07, 6.45) is 1.18. The maximum atomic E-state index is 13.9. The summed E-state index contributed by atoms with van der Waals surface area (Å²) in [5, 5.41) is 3.24. The van der Waals surface area contributed by atoms with Crippen LogP contribution in [0, 0.1) is 5.82 Å². The van der Waals surface area contributed by atoms with Crippen LogP contribution < -0.4 is 5.32 Å². The van der Waals surface area contributed by atoms with Gasteiger partial charge in [-0.2, -0.15) is 0 Å². The number of benzene rings is 1. The zero-order valence-electron chi connectivity index (χ0n) is 11.9. The Hall–Kier alpha value is -0.970. The molecule has 0 radical (unpaired) electrons. The molecule has 1 aliphatic heterocycles. The lowest BCUT2D eigenvalue weighted by Gasteiger charge is -2.26. The second kappa shape index (κ2) is 6.98. The number of rotatable bonds is 4. The van der Waals surface area contributed by atoms with E-state index in [-0.39, 0.29) is 11.9 Å². The summed E-state index contributed by atoms with van der Waals surface area (Å²) >= 11 is 0. The minimum atomic E-state index is -0.117. The number of hydrogen-bond donors (Lipinski definition) is 1. The van der Waals surface area contributed by atoms with E-state index in [1.807, 2.05) is 19.2 Å². The molecule has 0 aliphatic carbocycles. The van der Waals surface area contributed by atoms with Crippen molar-refractivity contribution in [1.82, 2.24) is 15.1 Å². The summed E-state index contributed by atoms with van der Waals surface area (Å²) < 4.78 is 13.9. The molecule has 4 heteroatoms. The lowest BCUT2D eigenvalue weighted by Crippen LogP contribution is -2.36. The molecule has 2 rings (SSSR count). The van der Waals surface area contributed by atoms with Crippen molar-refractivity contribution in [2.45, 2.75) is 12.5 Å². The van der Waals surface area contributed by atoms with Crippen molar-refractivity contribution in [3.63, 3.8) is 0 Å². The second-order valence-electron chi connectivity index (χ2n) is 5.32. The number of nitrogens with zero attached hydrogens (tertiary/aromatic N) is 2. The predicted molar refractivity (Wildman–Crippen MR) is 76.8 cm³/mol. The van der Waals surface area contributed by atoms with Gasteiger partial charge in [0.1, 0.15) is 5.82 Å². The number of halogens is 1. The lowest BCUT2D eigenvalue weighted by atomic mass is 10.1. The van der Waals surface area contributed by atoms with E-state index in [4.69, 9.17) is 0 Å². The van der Waals surface area contributed by atoms with Gasteiger partial charge in [0.2, 0.25) is 0 Å². The van der Waals surface area contributed by atoms with Gasteiger partial charge < -0.3 is 15.1 Å². The average Bonchev–Trinajstić information content (AvgIpc) is 2.62. The van der Waals surface area contributed by atoms with Crippen LogP contribution in [-0.4, -0.2) is 56.6 Å². The molecule has 3 nitrogen and oxygen atoms in total. The molecule has 0 spiro atoms. The Labute approximate surface area is 115 Å². The van der Waals surface area contributed by atoms with Crippen LogP contribution in [0.1, 0.15) is 18.0 Å². The minimum Gasteiger partial charge on any atom is -0.312 e. The standard InChI is InChI=1S/C15H24FN3/c1-17-15(13-6-3-4-7-14(13)16)12-19-9-5-8-18(2)10-11-19/h3-4,6-7,15,17H,5,8-12H2,1-2H3. The van der Waals surface area contributed by atoms with E-state index in [0.717, 1.165) is 38.3 Å². The van der Waals surface area contributed by atoms with Crippen molar-refractivity contribution in [1.29, 1.82) is 0 Å². The molecule has 1 aromatic rings. The first-order chi connectivity index (χ1) is 9.20. The highest BCUT2D eigenvalue weighted by molar-refractivity contribution is 5.21. The molecule has 1 atom stereocenters. The molecule has 0 aromatic heterocycles. The third-order valence-corrected chi connectivity index (χ3v) is 3.88.